The van der Waals surface area contributed by atoms with Crippen molar-refractivity contribution in [1.82, 2.24) is 0 Å². The van der Waals surface area contributed by atoms with Gasteiger partial charge in [-0.3, -0.25) is 4.79 Å². The molecule has 0 bridgehead atoms. The number of carbonyl (C=O) groups is 1. The summed E-state index contributed by atoms with van der Waals surface area (Å²) in [5, 5.41) is 0. The SMILES string of the molecule is CC(=O)OC1CCC2(C)C3=CCC4(C)C5CCC(C(C)C)C5(C)CCC4(C)C3CCC2C1(C)C. The van der Waals surface area contributed by atoms with Crippen LogP contribution in [-0.2, 0) is 9.53 Å². The first-order valence-corrected chi connectivity index (χ1v) is 14.6. The summed E-state index contributed by atoms with van der Waals surface area (Å²) in [5.41, 5.74) is 3.46. The summed E-state index contributed by atoms with van der Waals surface area (Å²) in [5.74, 6) is 3.79. The summed E-state index contributed by atoms with van der Waals surface area (Å²) in [6, 6.07) is 0. The van der Waals surface area contributed by atoms with Crippen LogP contribution in [0.3, 0.4) is 0 Å². The maximum Gasteiger partial charge on any atom is 0.302 e. The molecule has 0 aromatic carbocycles. The van der Waals surface area contributed by atoms with E-state index in [1.165, 1.54) is 51.4 Å². The predicted molar refractivity (Wildman–Crippen MR) is 140 cm³/mol. The van der Waals surface area contributed by atoms with Crippen LogP contribution in [0.4, 0.5) is 0 Å². The van der Waals surface area contributed by atoms with Crippen molar-refractivity contribution < 1.29 is 9.53 Å². The lowest BCUT2D eigenvalue weighted by Crippen LogP contribution is -2.62. The summed E-state index contributed by atoms with van der Waals surface area (Å²) in [6.07, 6.45) is 14.6. The fourth-order valence-electron chi connectivity index (χ4n) is 11.6. The molecule has 0 amide bonds. The fourth-order valence-corrected chi connectivity index (χ4v) is 11.6. The van der Waals surface area contributed by atoms with Crippen LogP contribution >= 0.6 is 0 Å². The Bertz CT molecular complexity index is 883. The Morgan fingerprint density at radius 3 is 2.21 bits per heavy atom. The average molecular weight is 469 g/mol. The first-order valence-electron chi connectivity index (χ1n) is 14.6. The van der Waals surface area contributed by atoms with Crippen LogP contribution in [0.25, 0.3) is 0 Å². The van der Waals surface area contributed by atoms with Crippen molar-refractivity contribution in [1.29, 1.82) is 0 Å². The standard InChI is InChI=1S/C32H52O2/c1-20(2)22-10-13-26-30(22,7)18-19-31(8)24-11-12-25-28(4,5)27(34-21(3)33)15-16-29(25,6)23(24)14-17-32(26,31)9/h14,20,22,24-27H,10-13,15-19H2,1-9H3. The number of rotatable bonds is 2. The Morgan fingerprint density at radius 2 is 1.56 bits per heavy atom. The van der Waals surface area contributed by atoms with E-state index in [-0.39, 0.29) is 22.9 Å². The molecule has 0 aromatic heterocycles. The topological polar surface area (TPSA) is 26.3 Å². The molecule has 0 radical (unpaired) electrons. The van der Waals surface area contributed by atoms with E-state index in [2.05, 4.69) is 61.5 Å². The maximum absolute atomic E-state index is 11.9. The normalized spacial score (nSPS) is 51.6. The third-order valence-electron chi connectivity index (χ3n) is 13.5. The van der Waals surface area contributed by atoms with Crippen molar-refractivity contribution in [2.75, 3.05) is 0 Å². The van der Waals surface area contributed by atoms with Crippen molar-refractivity contribution in [2.45, 2.75) is 126 Å². The van der Waals surface area contributed by atoms with Crippen LogP contribution in [-0.4, -0.2) is 12.1 Å². The maximum atomic E-state index is 11.9. The summed E-state index contributed by atoms with van der Waals surface area (Å²) < 4.78 is 5.89. The molecule has 4 fully saturated rings. The third-order valence-corrected chi connectivity index (χ3v) is 13.5. The van der Waals surface area contributed by atoms with Crippen molar-refractivity contribution in [3.05, 3.63) is 11.6 Å². The van der Waals surface area contributed by atoms with Gasteiger partial charge in [0.15, 0.2) is 0 Å². The van der Waals surface area contributed by atoms with Gasteiger partial charge in [-0.25, -0.2) is 0 Å². The van der Waals surface area contributed by atoms with E-state index < -0.39 is 0 Å². The molecule has 9 unspecified atom stereocenters. The minimum atomic E-state index is -0.114. The van der Waals surface area contributed by atoms with Crippen LogP contribution in [0.5, 0.6) is 0 Å². The number of ether oxygens (including phenoxy) is 1. The van der Waals surface area contributed by atoms with Gasteiger partial charge in [-0.1, -0.05) is 67.0 Å². The zero-order valence-corrected chi connectivity index (χ0v) is 23.7. The highest BCUT2D eigenvalue weighted by molar-refractivity contribution is 5.66. The van der Waals surface area contributed by atoms with Gasteiger partial charge in [-0.05, 0) is 109 Å². The molecule has 5 rings (SSSR count). The van der Waals surface area contributed by atoms with Gasteiger partial charge in [-0.2, -0.15) is 0 Å². The smallest absolute Gasteiger partial charge is 0.302 e. The van der Waals surface area contributed by atoms with E-state index in [1.54, 1.807) is 12.5 Å². The lowest BCUT2D eigenvalue weighted by molar-refractivity contribution is -0.179. The van der Waals surface area contributed by atoms with Crippen LogP contribution in [0.15, 0.2) is 11.6 Å². The first kappa shape index (κ1) is 24.9. The Balaban J connectivity index is 1.51. The van der Waals surface area contributed by atoms with Gasteiger partial charge in [0.05, 0.1) is 0 Å². The second-order valence-electron chi connectivity index (χ2n) is 15.2. The highest BCUT2D eigenvalue weighted by atomic mass is 16.5. The van der Waals surface area contributed by atoms with Crippen molar-refractivity contribution in [2.24, 2.45) is 56.7 Å². The highest BCUT2D eigenvalue weighted by Crippen LogP contribution is 2.76. The predicted octanol–water partition coefficient (Wildman–Crippen LogP) is 8.60. The van der Waals surface area contributed by atoms with Crippen LogP contribution < -0.4 is 0 Å². The lowest BCUT2D eigenvalue weighted by Gasteiger charge is -2.69. The zero-order chi connectivity index (χ0) is 24.9. The minimum absolute atomic E-state index is 0.0349. The van der Waals surface area contributed by atoms with Gasteiger partial charge in [0.25, 0.3) is 0 Å². The quantitative estimate of drug-likeness (QED) is 0.299. The first-order chi connectivity index (χ1) is 15.7. The molecule has 5 aliphatic rings. The number of carbonyl (C=O) groups excluding carboxylic acids is 1. The zero-order valence-electron chi connectivity index (χ0n) is 23.7. The Labute approximate surface area is 210 Å². The number of allylic oxidation sites excluding steroid dienone is 2. The van der Waals surface area contributed by atoms with E-state index in [0.29, 0.717) is 22.2 Å². The van der Waals surface area contributed by atoms with Crippen molar-refractivity contribution in [3.8, 4) is 0 Å². The van der Waals surface area contributed by atoms with Crippen molar-refractivity contribution in [3.63, 3.8) is 0 Å². The van der Waals surface area contributed by atoms with Crippen molar-refractivity contribution >= 4 is 5.97 Å². The summed E-state index contributed by atoms with van der Waals surface area (Å²) in [6.45, 7) is 22.0. The van der Waals surface area contributed by atoms with Gasteiger partial charge in [0.1, 0.15) is 6.10 Å². The molecular formula is C32H52O2. The number of esters is 1. The second-order valence-corrected chi connectivity index (χ2v) is 15.2. The molecule has 0 heterocycles. The van der Waals surface area contributed by atoms with Crippen LogP contribution in [0.1, 0.15) is 120 Å². The number of fused-ring (bicyclic) bond motifs is 7. The number of hydrogen-bond acceptors (Lipinski definition) is 2. The summed E-state index contributed by atoms with van der Waals surface area (Å²) in [7, 11) is 0. The third kappa shape index (κ3) is 3.01. The monoisotopic (exact) mass is 468 g/mol. The molecule has 4 saturated carbocycles. The summed E-state index contributed by atoms with van der Waals surface area (Å²) in [4.78, 5) is 11.9. The molecule has 34 heavy (non-hydrogen) atoms. The average Bonchev–Trinajstić information content (AvgIpc) is 3.10. The van der Waals surface area contributed by atoms with Gasteiger partial charge in [0, 0.05) is 12.3 Å². The van der Waals surface area contributed by atoms with E-state index in [4.69, 9.17) is 4.74 Å². The fraction of sp³-hybridized carbons (Fsp3) is 0.906. The molecule has 0 spiro atoms. The molecular weight excluding hydrogens is 416 g/mol. The number of hydrogen-bond donors (Lipinski definition) is 0. The highest BCUT2D eigenvalue weighted by Gasteiger charge is 2.68. The van der Waals surface area contributed by atoms with Gasteiger partial charge in [0.2, 0.25) is 0 Å². The van der Waals surface area contributed by atoms with Gasteiger partial charge in [-0.15, -0.1) is 0 Å². The molecule has 0 aromatic rings. The van der Waals surface area contributed by atoms with E-state index >= 15 is 0 Å². The van der Waals surface area contributed by atoms with Gasteiger partial charge >= 0.3 is 5.97 Å². The largest absolute Gasteiger partial charge is 0.462 e. The molecule has 9 atom stereocenters. The van der Waals surface area contributed by atoms with Crippen LogP contribution in [0, 0.1) is 56.7 Å². The molecule has 0 N–H and O–H groups in total. The van der Waals surface area contributed by atoms with Crippen LogP contribution in [0.2, 0.25) is 0 Å². The molecule has 5 aliphatic carbocycles. The second kappa shape index (κ2) is 7.61. The molecule has 2 heteroatoms. The van der Waals surface area contributed by atoms with E-state index in [1.807, 2.05) is 0 Å². The van der Waals surface area contributed by atoms with Gasteiger partial charge < -0.3 is 4.74 Å². The molecule has 2 nitrogen and oxygen atoms in total. The minimum Gasteiger partial charge on any atom is -0.462 e. The molecule has 0 aliphatic heterocycles. The molecule has 0 saturated heterocycles. The Morgan fingerprint density at radius 1 is 0.882 bits per heavy atom. The Hall–Kier alpha value is -0.790. The molecule has 192 valence electrons. The van der Waals surface area contributed by atoms with E-state index in [9.17, 15) is 4.79 Å². The van der Waals surface area contributed by atoms with E-state index in [0.717, 1.165) is 30.1 Å². The lowest BCUT2D eigenvalue weighted by atomic mass is 9.35. The summed E-state index contributed by atoms with van der Waals surface area (Å²) >= 11 is 0. The Kier molecular flexibility index (Phi) is 5.57.